The van der Waals surface area contributed by atoms with Gasteiger partial charge >= 0.3 is 0 Å². The minimum atomic E-state index is -0.591. The Morgan fingerprint density at radius 1 is 1.33 bits per heavy atom. The molecule has 0 radical (unpaired) electrons. The highest BCUT2D eigenvalue weighted by molar-refractivity contribution is 5.54. The molecule has 3 nitrogen and oxygen atoms in total. The van der Waals surface area contributed by atoms with Gasteiger partial charge in [-0.15, -0.1) is 0 Å². The standard InChI is InChI=1S/C12H14O3/c1-2-8-9(12(13)5-6-12)3-4-10-11(8)15-7-14-10/h3-4,13H,2,5-7H2,1H3. The molecule has 1 aromatic carbocycles. The number of aliphatic hydroxyl groups is 1. The third-order valence-electron chi connectivity index (χ3n) is 3.22. The van der Waals surface area contributed by atoms with Crippen LogP contribution in [0.3, 0.4) is 0 Å². The topological polar surface area (TPSA) is 38.7 Å². The molecule has 1 aliphatic carbocycles. The molecule has 2 aliphatic rings. The molecule has 1 N–H and O–H groups in total. The molecule has 3 rings (SSSR count). The molecule has 0 unspecified atom stereocenters. The maximum Gasteiger partial charge on any atom is 0.231 e. The Kier molecular flexibility index (Phi) is 1.74. The SMILES string of the molecule is CCc1c(C2(O)CC2)ccc2c1OCO2. The van der Waals surface area contributed by atoms with Crippen LogP contribution >= 0.6 is 0 Å². The number of hydrogen-bond acceptors (Lipinski definition) is 3. The van der Waals surface area contributed by atoms with E-state index in [9.17, 15) is 5.11 Å². The molecular weight excluding hydrogens is 192 g/mol. The van der Waals surface area contributed by atoms with Gasteiger partial charge in [-0.25, -0.2) is 0 Å². The van der Waals surface area contributed by atoms with Crippen LogP contribution in [-0.2, 0) is 12.0 Å². The largest absolute Gasteiger partial charge is 0.454 e. The number of ether oxygens (including phenoxy) is 2. The lowest BCUT2D eigenvalue weighted by atomic mass is 9.97. The Hall–Kier alpha value is -1.22. The van der Waals surface area contributed by atoms with E-state index in [2.05, 4.69) is 6.92 Å². The van der Waals surface area contributed by atoms with E-state index in [0.29, 0.717) is 6.79 Å². The first kappa shape index (κ1) is 9.04. The van der Waals surface area contributed by atoms with Gasteiger partial charge in [0.15, 0.2) is 11.5 Å². The van der Waals surface area contributed by atoms with Crippen LogP contribution < -0.4 is 9.47 Å². The van der Waals surface area contributed by atoms with Crippen molar-refractivity contribution in [3.05, 3.63) is 23.3 Å². The molecular formula is C12H14O3. The molecule has 0 saturated heterocycles. The summed E-state index contributed by atoms with van der Waals surface area (Å²) in [6.07, 6.45) is 2.59. The van der Waals surface area contributed by atoms with Crippen molar-refractivity contribution < 1.29 is 14.6 Å². The second-order valence-electron chi connectivity index (χ2n) is 4.21. The van der Waals surface area contributed by atoms with Crippen molar-refractivity contribution in [2.45, 2.75) is 31.8 Å². The summed E-state index contributed by atoms with van der Waals surface area (Å²) in [6, 6.07) is 3.87. The molecule has 1 fully saturated rings. The van der Waals surface area contributed by atoms with E-state index in [1.165, 1.54) is 0 Å². The highest BCUT2D eigenvalue weighted by Gasteiger charge is 2.44. The molecule has 3 heteroatoms. The summed E-state index contributed by atoms with van der Waals surface area (Å²) in [5.74, 6) is 1.63. The van der Waals surface area contributed by atoms with Crippen LogP contribution in [0.15, 0.2) is 12.1 Å². The van der Waals surface area contributed by atoms with Crippen molar-refractivity contribution in [3.8, 4) is 11.5 Å². The van der Waals surface area contributed by atoms with Crippen molar-refractivity contribution in [2.24, 2.45) is 0 Å². The van der Waals surface area contributed by atoms with Gasteiger partial charge in [-0.3, -0.25) is 0 Å². The maximum atomic E-state index is 10.1. The van der Waals surface area contributed by atoms with Crippen LogP contribution in [-0.4, -0.2) is 11.9 Å². The molecule has 1 saturated carbocycles. The second kappa shape index (κ2) is 2.89. The first-order chi connectivity index (χ1) is 7.24. The minimum Gasteiger partial charge on any atom is -0.454 e. The van der Waals surface area contributed by atoms with E-state index < -0.39 is 5.60 Å². The Bertz CT molecular complexity index is 408. The third kappa shape index (κ3) is 1.23. The molecule has 0 atom stereocenters. The van der Waals surface area contributed by atoms with E-state index in [4.69, 9.17) is 9.47 Å². The number of benzene rings is 1. The smallest absolute Gasteiger partial charge is 0.231 e. The Morgan fingerprint density at radius 3 is 2.80 bits per heavy atom. The summed E-state index contributed by atoms with van der Waals surface area (Å²) < 4.78 is 10.8. The van der Waals surface area contributed by atoms with Gasteiger partial charge in [0.25, 0.3) is 0 Å². The predicted molar refractivity (Wildman–Crippen MR) is 55.1 cm³/mol. The lowest BCUT2D eigenvalue weighted by Gasteiger charge is -2.15. The predicted octanol–water partition coefficient (Wildman–Crippen LogP) is 1.96. The molecule has 15 heavy (non-hydrogen) atoms. The van der Waals surface area contributed by atoms with Gasteiger partial charge in [0, 0.05) is 5.56 Å². The summed E-state index contributed by atoms with van der Waals surface area (Å²) in [4.78, 5) is 0. The van der Waals surface area contributed by atoms with Crippen LogP contribution in [0.5, 0.6) is 11.5 Å². The monoisotopic (exact) mass is 206 g/mol. The van der Waals surface area contributed by atoms with E-state index in [-0.39, 0.29) is 0 Å². The number of fused-ring (bicyclic) bond motifs is 1. The zero-order chi connectivity index (χ0) is 10.5. The second-order valence-corrected chi connectivity index (χ2v) is 4.21. The zero-order valence-corrected chi connectivity index (χ0v) is 8.75. The molecule has 1 aliphatic heterocycles. The van der Waals surface area contributed by atoms with Crippen molar-refractivity contribution in [3.63, 3.8) is 0 Å². The minimum absolute atomic E-state index is 0.296. The van der Waals surface area contributed by atoms with E-state index in [1.54, 1.807) is 0 Å². The van der Waals surface area contributed by atoms with Crippen LogP contribution in [0, 0.1) is 0 Å². The van der Waals surface area contributed by atoms with Crippen molar-refractivity contribution >= 4 is 0 Å². The van der Waals surface area contributed by atoms with Crippen LogP contribution in [0.1, 0.15) is 30.9 Å². The van der Waals surface area contributed by atoms with Crippen LogP contribution in [0.25, 0.3) is 0 Å². The molecule has 80 valence electrons. The number of hydrogen-bond donors (Lipinski definition) is 1. The zero-order valence-electron chi connectivity index (χ0n) is 8.75. The normalized spacial score (nSPS) is 20.4. The average Bonchev–Trinajstić information content (AvgIpc) is 2.82. The van der Waals surface area contributed by atoms with Gasteiger partial charge in [0.05, 0.1) is 5.60 Å². The molecule has 0 aromatic heterocycles. The van der Waals surface area contributed by atoms with E-state index in [0.717, 1.165) is 41.9 Å². The average molecular weight is 206 g/mol. The van der Waals surface area contributed by atoms with Gasteiger partial charge in [-0.2, -0.15) is 0 Å². The quantitative estimate of drug-likeness (QED) is 0.803. The lowest BCUT2D eigenvalue weighted by molar-refractivity contribution is 0.149. The summed E-state index contributed by atoms with van der Waals surface area (Å²) in [5.41, 5.74) is 1.53. The first-order valence-electron chi connectivity index (χ1n) is 5.39. The van der Waals surface area contributed by atoms with Gasteiger partial charge in [-0.1, -0.05) is 13.0 Å². The Morgan fingerprint density at radius 2 is 2.13 bits per heavy atom. The molecule has 0 spiro atoms. The maximum absolute atomic E-state index is 10.1. The fourth-order valence-corrected chi connectivity index (χ4v) is 2.20. The van der Waals surface area contributed by atoms with Crippen LogP contribution in [0.2, 0.25) is 0 Å². The molecule has 1 heterocycles. The lowest BCUT2D eigenvalue weighted by Crippen LogP contribution is -2.08. The molecule has 1 aromatic rings. The van der Waals surface area contributed by atoms with Gasteiger partial charge in [-0.05, 0) is 30.9 Å². The third-order valence-corrected chi connectivity index (χ3v) is 3.22. The van der Waals surface area contributed by atoms with Crippen molar-refractivity contribution in [1.82, 2.24) is 0 Å². The van der Waals surface area contributed by atoms with E-state index >= 15 is 0 Å². The van der Waals surface area contributed by atoms with Gasteiger partial charge in [0.1, 0.15) is 0 Å². The van der Waals surface area contributed by atoms with Crippen molar-refractivity contribution in [1.29, 1.82) is 0 Å². The fourth-order valence-electron chi connectivity index (χ4n) is 2.20. The van der Waals surface area contributed by atoms with Crippen molar-refractivity contribution in [2.75, 3.05) is 6.79 Å². The molecule has 0 bridgehead atoms. The number of rotatable bonds is 2. The fraction of sp³-hybridized carbons (Fsp3) is 0.500. The highest BCUT2D eigenvalue weighted by atomic mass is 16.7. The Labute approximate surface area is 88.6 Å². The molecule has 0 amide bonds. The van der Waals surface area contributed by atoms with Crippen LogP contribution in [0.4, 0.5) is 0 Å². The summed E-state index contributed by atoms with van der Waals surface area (Å²) in [5, 5.41) is 10.1. The first-order valence-corrected chi connectivity index (χ1v) is 5.39. The Balaban J connectivity index is 2.15. The summed E-state index contributed by atoms with van der Waals surface area (Å²) in [6.45, 7) is 2.37. The van der Waals surface area contributed by atoms with Gasteiger partial charge < -0.3 is 14.6 Å². The van der Waals surface area contributed by atoms with E-state index in [1.807, 2.05) is 12.1 Å². The highest BCUT2D eigenvalue weighted by Crippen LogP contribution is 2.50. The summed E-state index contributed by atoms with van der Waals surface area (Å²) >= 11 is 0. The van der Waals surface area contributed by atoms with Gasteiger partial charge in [0.2, 0.25) is 6.79 Å². The summed E-state index contributed by atoms with van der Waals surface area (Å²) in [7, 11) is 0.